The molecule has 0 unspecified atom stereocenters. The lowest BCUT2D eigenvalue weighted by molar-refractivity contribution is -0.00833. The quantitative estimate of drug-likeness (QED) is 0.314. The van der Waals surface area contributed by atoms with Crippen LogP contribution in [0.3, 0.4) is 0 Å². The monoisotopic (exact) mass is 526 g/mol. The van der Waals surface area contributed by atoms with E-state index >= 15 is 0 Å². The van der Waals surface area contributed by atoms with Crippen LogP contribution in [-0.4, -0.2) is 72.4 Å². The van der Waals surface area contributed by atoms with E-state index < -0.39 is 0 Å². The van der Waals surface area contributed by atoms with Crippen molar-refractivity contribution in [3.63, 3.8) is 0 Å². The fourth-order valence-corrected chi connectivity index (χ4v) is 3.59. The van der Waals surface area contributed by atoms with Crippen molar-refractivity contribution < 1.29 is 4.74 Å². The summed E-state index contributed by atoms with van der Waals surface area (Å²) in [6, 6.07) is 10.5. The predicted molar refractivity (Wildman–Crippen MR) is 133 cm³/mol. The molecule has 0 amide bonds. The summed E-state index contributed by atoms with van der Waals surface area (Å²) in [6.07, 6.45) is 4.75. The van der Waals surface area contributed by atoms with Gasteiger partial charge in [0.05, 0.1) is 13.2 Å². The summed E-state index contributed by atoms with van der Waals surface area (Å²) in [5.74, 6) is 1.90. The van der Waals surface area contributed by atoms with Gasteiger partial charge in [-0.25, -0.2) is 4.98 Å². The van der Waals surface area contributed by atoms with Gasteiger partial charge in [-0.2, -0.15) is 0 Å². The highest BCUT2D eigenvalue weighted by Gasteiger charge is 2.28. The normalized spacial score (nSPS) is 15.5. The van der Waals surface area contributed by atoms with Gasteiger partial charge >= 0.3 is 0 Å². The highest BCUT2D eigenvalue weighted by molar-refractivity contribution is 14.0. The van der Waals surface area contributed by atoms with Gasteiger partial charge in [-0.05, 0) is 19.4 Å². The van der Waals surface area contributed by atoms with Crippen LogP contribution >= 0.6 is 24.0 Å². The maximum absolute atomic E-state index is 5.47. The van der Waals surface area contributed by atoms with Gasteiger partial charge < -0.3 is 19.9 Å². The minimum atomic E-state index is 0. The molecule has 1 aliphatic heterocycles. The fraction of sp³-hybridized carbons (Fsp3) is 0.545. The molecule has 8 heteroatoms. The number of hydrogen-bond acceptors (Lipinski definition) is 4. The van der Waals surface area contributed by atoms with E-state index in [9.17, 15) is 0 Å². The number of imidazole rings is 1. The van der Waals surface area contributed by atoms with Gasteiger partial charge in [0.15, 0.2) is 5.96 Å². The van der Waals surface area contributed by atoms with Crippen molar-refractivity contribution in [2.24, 2.45) is 4.99 Å². The van der Waals surface area contributed by atoms with Crippen LogP contribution in [0.2, 0.25) is 0 Å². The van der Waals surface area contributed by atoms with E-state index in [0.717, 1.165) is 64.1 Å². The SMILES string of the molecule is CN=C(NCCc1nccn1Cc1ccccc1)NCC(C)(C)N1CCOCC1.I. The first kappa shape index (κ1) is 24.6. The maximum Gasteiger partial charge on any atom is 0.191 e. The Morgan fingerprint density at radius 1 is 1.17 bits per heavy atom. The Morgan fingerprint density at radius 2 is 1.90 bits per heavy atom. The molecule has 2 N–H and O–H groups in total. The van der Waals surface area contributed by atoms with E-state index in [2.05, 4.69) is 68.2 Å². The number of aliphatic imine (C=N–C) groups is 1. The van der Waals surface area contributed by atoms with Crippen molar-refractivity contribution in [1.82, 2.24) is 25.1 Å². The lowest BCUT2D eigenvalue weighted by Gasteiger charge is -2.41. The molecule has 166 valence electrons. The molecule has 2 heterocycles. The number of hydrogen-bond donors (Lipinski definition) is 2. The first-order chi connectivity index (χ1) is 14.1. The molecule has 3 rings (SSSR count). The largest absolute Gasteiger partial charge is 0.379 e. The standard InChI is InChI=1S/C22H34N6O.HI/c1-22(2,28-13-15-29-16-14-28)18-26-21(23-3)25-10-9-20-24-11-12-27(20)17-19-7-5-4-6-8-19;/h4-8,11-12H,9-10,13-18H2,1-3H3,(H2,23,25,26);1H. The molecule has 0 saturated carbocycles. The van der Waals surface area contributed by atoms with Gasteiger partial charge in [0.1, 0.15) is 5.82 Å². The summed E-state index contributed by atoms with van der Waals surface area (Å²) in [7, 11) is 1.81. The van der Waals surface area contributed by atoms with Crippen molar-refractivity contribution in [2.45, 2.75) is 32.4 Å². The number of halogens is 1. The zero-order valence-electron chi connectivity index (χ0n) is 18.3. The summed E-state index contributed by atoms with van der Waals surface area (Å²) in [6.45, 7) is 10.6. The van der Waals surface area contributed by atoms with Crippen LogP contribution in [-0.2, 0) is 17.7 Å². The lowest BCUT2D eigenvalue weighted by atomic mass is 10.0. The Bertz CT molecular complexity index is 771. The second kappa shape index (κ2) is 12.3. The van der Waals surface area contributed by atoms with Crippen molar-refractivity contribution in [3.05, 3.63) is 54.1 Å². The van der Waals surface area contributed by atoms with Crippen LogP contribution in [0, 0.1) is 0 Å². The van der Waals surface area contributed by atoms with Crippen LogP contribution < -0.4 is 10.6 Å². The minimum absolute atomic E-state index is 0. The second-order valence-electron chi connectivity index (χ2n) is 7.97. The molecule has 1 aliphatic rings. The zero-order chi connectivity index (χ0) is 20.5. The van der Waals surface area contributed by atoms with Crippen LogP contribution in [0.5, 0.6) is 0 Å². The van der Waals surface area contributed by atoms with E-state index in [1.165, 1.54) is 5.56 Å². The molecule has 0 radical (unpaired) electrons. The lowest BCUT2D eigenvalue weighted by Crippen LogP contribution is -2.56. The third-order valence-electron chi connectivity index (χ3n) is 5.42. The van der Waals surface area contributed by atoms with Gasteiger partial charge in [0.2, 0.25) is 0 Å². The summed E-state index contributed by atoms with van der Waals surface area (Å²) >= 11 is 0. The first-order valence-corrected chi connectivity index (χ1v) is 10.4. The third kappa shape index (κ3) is 7.24. The summed E-state index contributed by atoms with van der Waals surface area (Å²) in [5.41, 5.74) is 1.33. The average molecular weight is 526 g/mol. The van der Waals surface area contributed by atoms with E-state index in [4.69, 9.17) is 4.74 Å². The Kier molecular flexibility index (Phi) is 10.1. The van der Waals surface area contributed by atoms with Crippen LogP contribution in [0.15, 0.2) is 47.7 Å². The third-order valence-corrected chi connectivity index (χ3v) is 5.42. The van der Waals surface area contributed by atoms with Gasteiger partial charge in [-0.15, -0.1) is 24.0 Å². The molecular weight excluding hydrogens is 491 g/mol. The molecule has 1 saturated heterocycles. The number of aromatic nitrogens is 2. The number of rotatable bonds is 8. The molecule has 2 aromatic rings. The van der Waals surface area contributed by atoms with Crippen molar-refractivity contribution >= 4 is 29.9 Å². The molecule has 0 atom stereocenters. The summed E-state index contributed by atoms with van der Waals surface area (Å²) < 4.78 is 7.67. The Labute approximate surface area is 197 Å². The number of nitrogens with zero attached hydrogens (tertiary/aromatic N) is 4. The Morgan fingerprint density at radius 3 is 2.60 bits per heavy atom. The van der Waals surface area contributed by atoms with Crippen LogP contribution in [0.4, 0.5) is 0 Å². The first-order valence-electron chi connectivity index (χ1n) is 10.4. The molecule has 0 spiro atoms. The molecule has 0 bridgehead atoms. The van der Waals surface area contributed by atoms with E-state index in [-0.39, 0.29) is 29.5 Å². The van der Waals surface area contributed by atoms with Gasteiger partial charge in [-0.1, -0.05) is 30.3 Å². The number of morpholine rings is 1. The molecule has 0 aliphatic carbocycles. The number of benzene rings is 1. The molecule has 30 heavy (non-hydrogen) atoms. The second-order valence-corrected chi connectivity index (χ2v) is 7.97. The number of guanidine groups is 1. The molecule has 7 nitrogen and oxygen atoms in total. The maximum atomic E-state index is 5.47. The number of ether oxygens (including phenoxy) is 1. The van der Waals surface area contributed by atoms with Crippen LogP contribution in [0.25, 0.3) is 0 Å². The average Bonchev–Trinajstić information content (AvgIpc) is 3.18. The number of nitrogens with one attached hydrogen (secondary N) is 2. The van der Waals surface area contributed by atoms with Crippen molar-refractivity contribution in [1.29, 1.82) is 0 Å². The van der Waals surface area contributed by atoms with E-state index in [1.807, 2.05) is 25.5 Å². The smallest absolute Gasteiger partial charge is 0.191 e. The Balaban J connectivity index is 0.00000320. The molecule has 1 fully saturated rings. The fourth-order valence-electron chi connectivity index (χ4n) is 3.59. The summed E-state index contributed by atoms with van der Waals surface area (Å²) in [4.78, 5) is 11.4. The molecule has 1 aromatic carbocycles. The van der Waals surface area contributed by atoms with Gasteiger partial charge in [0.25, 0.3) is 0 Å². The predicted octanol–water partition coefficient (Wildman–Crippen LogP) is 2.37. The zero-order valence-corrected chi connectivity index (χ0v) is 20.6. The topological polar surface area (TPSA) is 66.7 Å². The summed E-state index contributed by atoms with van der Waals surface area (Å²) in [5, 5.41) is 6.89. The van der Waals surface area contributed by atoms with E-state index in [1.54, 1.807) is 0 Å². The van der Waals surface area contributed by atoms with Gasteiger partial charge in [-0.3, -0.25) is 9.89 Å². The van der Waals surface area contributed by atoms with Crippen LogP contribution in [0.1, 0.15) is 25.2 Å². The highest BCUT2D eigenvalue weighted by atomic mass is 127. The molecule has 1 aromatic heterocycles. The highest BCUT2D eigenvalue weighted by Crippen LogP contribution is 2.15. The van der Waals surface area contributed by atoms with Crippen molar-refractivity contribution in [3.8, 4) is 0 Å². The Hall–Kier alpha value is -1.65. The van der Waals surface area contributed by atoms with E-state index in [0.29, 0.717) is 0 Å². The minimum Gasteiger partial charge on any atom is -0.379 e. The van der Waals surface area contributed by atoms with Gasteiger partial charge in [0, 0.05) is 64.1 Å². The molecular formula is C22H35IN6O. The van der Waals surface area contributed by atoms with Crippen molar-refractivity contribution in [2.75, 3.05) is 46.4 Å².